The fraction of sp³-hybridized carbons (Fsp3) is 0. The Bertz CT molecular complexity index is 2930. The van der Waals surface area contributed by atoms with Crippen molar-refractivity contribution in [3.8, 4) is 34.4 Å². The van der Waals surface area contributed by atoms with Crippen molar-refractivity contribution < 1.29 is 8.83 Å². The van der Waals surface area contributed by atoms with Gasteiger partial charge >= 0.3 is 0 Å². The van der Waals surface area contributed by atoms with E-state index in [0.29, 0.717) is 28.0 Å². The van der Waals surface area contributed by atoms with Gasteiger partial charge in [-0.1, -0.05) is 54.6 Å². The summed E-state index contributed by atoms with van der Waals surface area (Å²) in [6.07, 6.45) is 0. The summed E-state index contributed by atoms with van der Waals surface area (Å²) < 4.78 is 12.3. The van der Waals surface area contributed by atoms with E-state index in [1.165, 1.54) is 0 Å². The molecule has 0 saturated carbocycles. The first kappa shape index (κ1) is 30.9. The zero-order chi connectivity index (χ0) is 36.1. The molecule has 0 atom stereocenters. The second-order valence-corrected chi connectivity index (χ2v) is 12.6. The molecule has 7 heteroatoms. The van der Waals surface area contributed by atoms with E-state index < -0.39 is 0 Å². The Balaban J connectivity index is 1.08. The van der Waals surface area contributed by atoms with Crippen LogP contribution in [0.4, 0.5) is 28.4 Å². The van der Waals surface area contributed by atoms with Gasteiger partial charge in [-0.2, -0.15) is 10.5 Å². The third-order valence-electron chi connectivity index (χ3n) is 9.59. The SMILES string of the molecule is [C-]#[N+]c1ccc2c(c1)oc1cc(-c3ccc(N(c4ccc(-c5ccc6c(c5)oc5cc(C#N)ccc56)cc4)c4ccc(C#N)c([N+]#[C-])c4)cc3)ccc12. The average Bonchev–Trinajstić information content (AvgIpc) is 3.77. The van der Waals surface area contributed by atoms with Crippen LogP contribution in [0.25, 0.3) is 75.8 Å². The van der Waals surface area contributed by atoms with Crippen molar-refractivity contribution in [3.63, 3.8) is 0 Å². The lowest BCUT2D eigenvalue weighted by molar-refractivity contribution is 0.668. The van der Waals surface area contributed by atoms with Crippen molar-refractivity contribution in [2.45, 2.75) is 0 Å². The molecule has 9 rings (SSSR count). The lowest BCUT2D eigenvalue weighted by atomic mass is 10.0. The Hall–Kier alpha value is -8.10. The van der Waals surface area contributed by atoms with Gasteiger partial charge in [0.15, 0.2) is 5.69 Å². The Morgan fingerprint density at radius 2 is 0.943 bits per heavy atom. The number of hydrogen-bond acceptors (Lipinski definition) is 5. The van der Waals surface area contributed by atoms with Crippen molar-refractivity contribution in [1.82, 2.24) is 0 Å². The zero-order valence-corrected chi connectivity index (χ0v) is 27.8. The van der Waals surface area contributed by atoms with Crippen LogP contribution in [-0.2, 0) is 0 Å². The summed E-state index contributed by atoms with van der Waals surface area (Å²) in [7, 11) is 0. The predicted molar refractivity (Wildman–Crippen MR) is 209 cm³/mol. The molecule has 9 aromatic rings. The van der Waals surface area contributed by atoms with E-state index in [4.69, 9.17) is 22.0 Å². The lowest BCUT2D eigenvalue weighted by Crippen LogP contribution is -2.10. The number of anilines is 3. The molecule has 7 aromatic carbocycles. The monoisotopic (exact) mass is 677 g/mol. The van der Waals surface area contributed by atoms with Crippen LogP contribution < -0.4 is 4.90 Å². The Kier molecular flexibility index (Phi) is 7.20. The molecule has 0 saturated heterocycles. The zero-order valence-electron chi connectivity index (χ0n) is 27.8. The van der Waals surface area contributed by atoms with Crippen molar-refractivity contribution in [2.24, 2.45) is 0 Å². The van der Waals surface area contributed by atoms with Gasteiger partial charge in [0.25, 0.3) is 0 Å². The quantitative estimate of drug-likeness (QED) is 0.169. The number of hydrogen-bond donors (Lipinski definition) is 0. The van der Waals surface area contributed by atoms with Gasteiger partial charge in [0.2, 0.25) is 5.69 Å². The molecule has 53 heavy (non-hydrogen) atoms. The number of rotatable bonds is 5. The third-order valence-corrected chi connectivity index (χ3v) is 9.59. The fourth-order valence-electron chi connectivity index (χ4n) is 6.94. The molecule has 0 spiro atoms. The highest BCUT2D eigenvalue weighted by Gasteiger charge is 2.17. The molecule has 7 nitrogen and oxygen atoms in total. The van der Waals surface area contributed by atoms with Crippen molar-refractivity contribution >= 4 is 72.3 Å². The first-order valence-electron chi connectivity index (χ1n) is 16.7. The molecule has 0 amide bonds. The van der Waals surface area contributed by atoms with Gasteiger partial charge in [-0.25, -0.2) is 9.69 Å². The Morgan fingerprint density at radius 1 is 0.453 bits per heavy atom. The highest BCUT2D eigenvalue weighted by Crippen LogP contribution is 2.40. The van der Waals surface area contributed by atoms with Gasteiger partial charge in [0, 0.05) is 38.6 Å². The molecule has 0 N–H and O–H groups in total. The molecule has 0 fully saturated rings. The maximum absolute atomic E-state index is 9.61. The van der Waals surface area contributed by atoms with Crippen LogP contribution in [0.15, 0.2) is 148 Å². The van der Waals surface area contributed by atoms with Gasteiger partial charge in [0.05, 0.1) is 36.4 Å². The van der Waals surface area contributed by atoms with Gasteiger partial charge in [0.1, 0.15) is 22.3 Å². The van der Waals surface area contributed by atoms with Crippen LogP contribution in [-0.4, -0.2) is 0 Å². The maximum Gasteiger partial charge on any atom is 0.206 e. The molecule has 0 aliphatic carbocycles. The molecule has 0 unspecified atom stereocenters. The highest BCUT2D eigenvalue weighted by atomic mass is 16.3. The third kappa shape index (κ3) is 5.27. The van der Waals surface area contributed by atoms with E-state index >= 15 is 0 Å². The number of nitrogens with zero attached hydrogens (tertiary/aromatic N) is 5. The van der Waals surface area contributed by atoms with Gasteiger partial charge in [-0.15, -0.1) is 0 Å². The smallest absolute Gasteiger partial charge is 0.206 e. The second-order valence-electron chi connectivity index (χ2n) is 12.6. The molecule has 2 aromatic heterocycles. The molecule has 0 aliphatic rings. The molecular weight excluding hydrogens is 655 g/mol. The normalized spacial score (nSPS) is 10.9. The molecular formula is C46H23N5O2. The van der Waals surface area contributed by atoms with Crippen LogP contribution in [0, 0.1) is 35.8 Å². The standard InChI is InChI=1S/C46H23N5O2/c1-49-34-11-20-41-40-19-10-32(23-45(40)53-46(41)24-34)30-6-14-36(15-7-30)51(37-16-8-33(27-48)42(25-37)50-2)35-12-4-29(5-13-35)31-9-18-39-38-17-3-28(26-47)21-43(38)52-44(39)22-31/h3-25H. The average molecular weight is 678 g/mol. The minimum Gasteiger partial charge on any atom is -0.457 e. The van der Waals surface area contributed by atoms with Crippen LogP contribution >= 0.6 is 0 Å². The summed E-state index contributed by atoms with van der Waals surface area (Å²) >= 11 is 0. The molecule has 0 aliphatic heterocycles. The van der Waals surface area contributed by atoms with Crippen LogP contribution in [0.2, 0.25) is 0 Å². The van der Waals surface area contributed by atoms with Crippen molar-refractivity contribution in [2.75, 3.05) is 4.90 Å². The van der Waals surface area contributed by atoms with E-state index in [1.807, 2.05) is 60.7 Å². The van der Waals surface area contributed by atoms with E-state index in [2.05, 4.69) is 69.2 Å². The maximum atomic E-state index is 9.61. The summed E-state index contributed by atoms with van der Waals surface area (Å²) in [6.45, 7) is 15.1. The number of fused-ring (bicyclic) bond motifs is 6. The largest absolute Gasteiger partial charge is 0.457 e. The van der Waals surface area contributed by atoms with E-state index in [-0.39, 0.29) is 5.69 Å². The first-order valence-corrected chi connectivity index (χ1v) is 16.7. The summed E-state index contributed by atoms with van der Waals surface area (Å²) in [5, 5.41) is 22.8. The summed E-state index contributed by atoms with van der Waals surface area (Å²) in [6, 6.07) is 49.2. The van der Waals surface area contributed by atoms with Gasteiger partial charge in [-0.3, -0.25) is 0 Å². The Morgan fingerprint density at radius 3 is 1.47 bits per heavy atom. The number of nitriles is 2. The predicted octanol–water partition coefficient (Wildman–Crippen LogP) is 13.1. The van der Waals surface area contributed by atoms with E-state index in [1.54, 1.807) is 36.4 Å². The van der Waals surface area contributed by atoms with E-state index in [0.717, 1.165) is 72.0 Å². The fourth-order valence-corrected chi connectivity index (χ4v) is 6.94. The number of benzene rings is 7. The van der Waals surface area contributed by atoms with Gasteiger partial charge < -0.3 is 13.7 Å². The Labute approximate surface area is 303 Å². The summed E-state index contributed by atoms with van der Waals surface area (Å²) in [5.74, 6) is 0. The minimum absolute atomic E-state index is 0.284. The van der Waals surface area contributed by atoms with Crippen molar-refractivity contribution in [3.05, 3.63) is 173 Å². The lowest BCUT2D eigenvalue weighted by Gasteiger charge is -2.26. The molecule has 244 valence electrons. The van der Waals surface area contributed by atoms with Crippen LogP contribution in [0.3, 0.4) is 0 Å². The molecule has 0 bridgehead atoms. The van der Waals surface area contributed by atoms with Crippen molar-refractivity contribution in [1.29, 1.82) is 10.5 Å². The second kappa shape index (κ2) is 12.3. The molecule has 2 heterocycles. The van der Waals surface area contributed by atoms with Gasteiger partial charge in [-0.05, 0) is 107 Å². The van der Waals surface area contributed by atoms with Crippen LogP contribution in [0.5, 0.6) is 0 Å². The topological polar surface area (TPSA) is 85.8 Å². The highest BCUT2D eigenvalue weighted by molar-refractivity contribution is 6.07. The van der Waals surface area contributed by atoms with Crippen LogP contribution in [0.1, 0.15) is 11.1 Å². The van der Waals surface area contributed by atoms with E-state index in [9.17, 15) is 10.5 Å². The first-order chi connectivity index (χ1) is 26.0. The summed E-state index contributed by atoms with van der Waals surface area (Å²) in [5.41, 5.74) is 11.0. The number of furan rings is 2. The molecule has 0 radical (unpaired) electrons. The summed E-state index contributed by atoms with van der Waals surface area (Å²) in [4.78, 5) is 9.22. The minimum atomic E-state index is 0.284.